The molecule has 17 heavy (non-hydrogen) atoms. The Morgan fingerprint density at radius 1 is 1.41 bits per heavy atom. The van der Waals surface area contributed by atoms with Gasteiger partial charge in [-0.25, -0.2) is 9.78 Å². The molecule has 0 aromatic carbocycles. The molecule has 0 amide bonds. The summed E-state index contributed by atoms with van der Waals surface area (Å²) in [4.78, 5) is 14.6. The van der Waals surface area contributed by atoms with E-state index in [0.717, 1.165) is 19.2 Å². The highest BCUT2D eigenvalue weighted by Crippen LogP contribution is 2.29. The number of methoxy groups -OCH3 is 1. The number of alkyl halides is 3. The second-order valence-corrected chi connectivity index (χ2v) is 3.15. The number of nitrogens with zero attached hydrogens (tertiary/aromatic N) is 2. The smallest absolute Gasteiger partial charge is 0.433 e. The van der Waals surface area contributed by atoms with E-state index in [9.17, 15) is 18.0 Å². The number of ether oxygens (including phenoxy) is 1. The number of carbonyl (C=O) groups is 1. The van der Waals surface area contributed by atoms with Crippen LogP contribution in [0, 0.1) is 0 Å². The van der Waals surface area contributed by atoms with E-state index in [2.05, 4.69) is 19.9 Å². The van der Waals surface area contributed by atoms with Gasteiger partial charge in [-0.1, -0.05) is 0 Å². The van der Waals surface area contributed by atoms with Crippen LogP contribution in [-0.2, 0) is 10.9 Å². The van der Waals surface area contributed by atoms with Crippen LogP contribution >= 0.6 is 0 Å². The zero-order valence-corrected chi connectivity index (χ0v) is 8.50. The summed E-state index contributed by atoms with van der Waals surface area (Å²) in [7, 11) is 1.11. The first-order chi connectivity index (χ1) is 7.93. The van der Waals surface area contributed by atoms with Crippen molar-refractivity contribution in [3.05, 3.63) is 23.5 Å². The minimum Gasteiger partial charge on any atom is -0.464 e. The molecule has 0 unspecified atom stereocenters. The first-order valence-corrected chi connectivity index (χ1v) is 4.44. The lowest BCUT2D eigenvalue weighted by molar-refractivity contribution is -0.140. The van der Waals surface area contributed by atoms with Gasteiger partial charge in [-0.05, 0) is 12.1 Å². The number of H-pyrrole nitrogens is 1. The Labute approximate surface area is 92.6 Å². The lowest BCUT2D eigenvalue weighted by Crippen LogP contribution is -2.09. The van der Waals surface area contributed by atoms with Gasteiger partial charge in [0.2, 0.25) is 0 Å². The van der Waals surface area contributed by atoms with E-state index in [1.807, 2.05) is 0 Å². The Bertz CT molecular complexity index is 576. The van der Waals surface area contributed by atoms with Crippen LogP contribution in [-0.4, -0.2) is 28.3 Å². The van der Waals surface area contributed by atoms with Gasteiger partial charge in [0.25, 0.3) is 0 Å². The van der Waals surface area contributed by atoms with E-state index in [4.69, 9.17) is 0 Å². The van der Waals surface area contributed by atoms with Gasteiger partial charge in [0, 0.05) is 0 Å². The summed E-state index contributed by atoms with van der Waals surface area (Å²) in [6.07, 6.45) is -4.57. The summed E-state index contributed by atoms with van der Waals surface area (Å²) < 4.78 is 41.7. The number of carbonyl (C=O) groups excluding carboxylic acids is 1. The number of hydrogen-bond acceptors (Lipinski definition) is 4. The third-order valence-corrected chi connectivity index (χ3v) is 2.08. The molecular weight excluding hydrogens is 239 g/mol. The fourth-order valence-corrected chi connectivity index (χ4v) is 1.30. The van der Waals surface area contributed by atoms with E-state index in [1.54, 1.807) is 0 Å². The molecule has 2 heterocycles. The van der Waals surface area contributed by atoms with Gasteiger partial charge in [0.1, 0.15) is 11.2 Å². The van der Waals surface area contributed by atoms with Gasteiger partial charge >= 0.3 is 12.1 Å². The molecule has 5 nitrogen and oxygen atoms in total. The Morgan fingerprint density at radius 2 is 2.12 bits per heavy atom. The summed E-state index contributed by atoms with van der Waals surface area (Å²) in [6, 6.07) is 1.96. The molecule has 90 valence electrons. The number of esters is 1. The third kappa shape index (κ3) is 1.93. The van der Waals surface area contributed by atoms with Crippen LogP contribution in [0.4, 0.5) is 13.2 Å². The van der Waals surface area contributed by atoms with Crippen LogP contribution in [0.5, 0.6) is 0 Å². The van der Waals surface area contributed by atoms with Crippen LogP contribution in [0.3, 0.4) is 0 Å². The number of fused-ring (bicyclic) bond motifs is 1. The highest BCUT2D eigenvalue weighted by atomic mass is 19.4. The van der Waals surface area contributed by atoms with Gasteiger partial charge < -0.3 is 4.74 Å². The number of pyridine rings is 1. The van der Waals surface area contributed by atoms with Crippen molar-refractivity contribution in [3.63, 3.8) is 0 Å². The summed E-state index contributed by atoms with van der Waals surface area (Å²) in [6.45, 7) is 0. The topological polar surface area (TPSA) is 67.9 Å². The lowest BCUT2D eigenvalue weighted by atomic mass is 10.2. The van der Waals surface area contributed by atoms with Crippen molar-refractivity contribution in [3.8, 4) is 0 Å². The average Bonchev–Trinajstić information content (AvgIpc) is 2.69. The SMILES string of the molecule is COC(=O)c1n[nH]c2ccc(C(F)(F)F)nc12. The largest absolute Gasteiger partial charge is 0.464 e. The molecular formula is C9H6F3N3O2. The van der Waals surface area contributed by atoms with Gasteiger partial charge in [0.05, 0.1) is 12.6 Å². The lowest BCUT2D eigenvalue weighted by Gasteiger charge is -2.04. The quantitative estimate of drug-likeness (QED) is 0.777. The molecule has 2 rings (SSSR count). The molecule has 0 atom stereocenters. The Kier molecular flexibility index (Phi) is 2.49. The van der Waals surface area contributed by atoms with Crippen molar-refractivity contribution in [2.75, 3.05) is 7.11 Å². The van der Waals surface area contributed by atoms with Crippen molar-refractivity contribution in [2.45, 2.75) is 6.18 Å². The highest BCUT2D eigenvalue weighted by molar-refractivity contribution is 5.99. The van der Waals surface area contributed by atoms with Crippen LogP contribution in [0.1, 0.15) is 16.2 Å². The number of rotatable bonds is 1. The molecule has 0 aliphatic rings. The maximum atomic E-state index is 12.4. The van der Waals surface area contributed by atoms with Crippen LogP contribution < -0.4 is 0 Å². The second-order valence-electron chi connectivity index (χ2n) is 3.15. The molecule has 0 fully saturated rings. The molecule has 2 aromatic heterocycles. The summed E-state index contributed by atoms with van der Waals surface area (Å²) in [5.74, 6) is -0.844. The predicted molar refractivity (Wildman–Crippen MR) is 50.2 cm³/mol. The first kappa shape index (κ1) is 11.4. The van der Waals surface area contributed by atoms with Crippen molar-refractivity contribution in [1.29, 1.82) is 0 Å². The Hall–Kier alpha value is -2.12. The number of hydrogen-bond donors (Lipinski definition) is 1. The number of nitrogens with one attached hydrogen (secondary N) is 1. The summed E-state index contributed by atoms with van der Waals surface area (Å²) in [5.41, 5.74) is -1.28. The molecule has 0 aliphatic carbocycles. The molecule has 0 saturated heterocycles. The third-order valence-electron chi connectivity index (χ3n) is 2.08. The van der Waals surface area contributed by atoms with Crippen molar-refractivity contribution in [2.24, 2.45) is 0 Å². The fourth-order valence-electron chi connectivity index (χ4n) is 1.30. The first-order valence-electron chi connectivity index (χ1n) is 4.44. The summed E-state index contributed by atoms with van der Waals surface area (Å²) in [5, 5.41) is 5.96. The molecule has 0 radical (unpaired) electrons. The van der Waals surface area contributed by atoms with Crippen molar-refractivity contribution in [1.82, 2.24) is 15.2 Å². The average molecular weight is 245 g/mol. The number of aromatic nitrogens is 3. The highest BCUT2D eigenvalue weighted by Gasteiger charge is 2.33. The maximum Gasteiger partial charge on any atom is 0.433 e. The zero-order chi connectivity index (χ0) is 12.6. The summed E-state index contributed by atoms with van der Waals surface area (Å²) >= 11 is 0. The normalized spacial score (nSPS) is 11.8. The van der Waals surface area contributed by atoms with Gasteiger partial charge in [0.15, 0.2) is 5.69 Å². The standard InChI is InChI=1S/C9H6F3N3O2/c1-17-8(16)7-6-4(14-15-7)2-3-5(13-6)9(10,11)12/h2-3H,1H3,(H,14,15). The molecule has 1 N–H and O–H groups in total. The van der Waals surface area contributed by atoms with E-state index in [-0.39, 0.29) is 16.7 Å². The zero-order valence-electron chi connectivity index (χ0n) is 8.50. The van der Waals surface area contributed by atoms with E-state index in [1.165, 1.54) is 0 Å². The van der Waals surface area contributed by atoms with E-state index in [0.29, 0.717) is 0 Å². The van der Waals surface area contributed by atoms with Crippen LogP contribution in [0.2, 0.25) is 0 Å². The van der Waals surface area contributed by atoms with Gasteiger partial charge in [-0.15, -0.1) is 0 Å². The van der Waals surface area contributed by atoms with Crippen molar-refractivity contribution < 1.29 is 22.7 Å². The number of aromatic amines is 1. The molecule has 2 aromatic rings. The fraction of sp³-hybridized carbons (Fsp3) is 0.222. The maximum absolute atomic E-state index is 12.4. The van der Waals surface area contributed by atoms with E-state index < -0.39 is 17.8 Å². The second kappa shape index (κ2) is 3.72. The van der Waals surface area contributed by atoms with E-state index >= 15 is 0 Å². The molecule has 0 bridgehead atoms. The van der Waals surface area contributed by atoms with Crippen LogP contribution in [0.25, 0.3) is 11.0 Å². The van der Waals surface area contributed by atoms with Gasteiger partial charge in [-0.3, -0.25) is 5.10 Å². The van der Waals surface area contributed by atoms with Gasteiger partial charge in [-0.2, -0.15) is 18.3 Å². The molecule has 0 saturated carbocycles. The van der Waals surface area contributed by atoms with Crippen LogP contribution in [0.15, 0.2) is 12.1 Å². The number of halogens is 3. The molecule has 0 aliphatic heterocycles. The molecule has 8 heteroatoms. The van der Waals surface area contributed by atoms with Crippen molar-refractivity contribution >= 4 is 17.0 Å². The Morgan fingerprint density at radius 3 is 2.71 bits per heavy atom. The monoisotopic (exact) mass is 245 g/mol. The Balaban J connectivity index is 2.62. The predicted octanol–water partition coefficient (Wildman–Crippen LogP) is 1.76. The minimum absolute atomic E-state index is 0.160. The molecule has 0 spiro atoms. The minimum atomic E-state index is -4.57.